The number of carbonyl (C=O) groups excluding carboxylic acids is 1. The van der Waals surface area contributed by atoms with Gasteiger partial charge in [-0.25, -0.2) is 0 Å². The zero-order chi connectivity index (χ0) is 15.5. The number of unbranched alkanes of at least 4 members (excludes halogenated alkanes) is 1. The van der Waals surface area contributed by atoms with E-state index in [4.69, 9.17) is 4.74 Å². The number of nitrogens with zero attached hydrogens (tertiary/aromatic N) is 1. The minimum absolute atomic E-state index is 0.227. The van der Waals surface area contributed by atoms with Crippen LogP contribution in [0.25, 0.3) is 0 Å². The van der Waals surface area contributed by atoms with Crippen LogP contribution in [-0.2, 0) is 0 Å². The molecule has 21 heavy (non-hydrogen) atoms. The molecule has 0 saturated carbocycles. The maximum Gasteiger partial charge on any atom is 0.162 e. The van der Waals surface area contributed by atoms with Crippen LogP contribution in [0.2, 0.25) is 0 Å². The summed E-state index contributed by atoms with van der Waals surface area (Å²) in [6.07, 6.45) is 3.68. The molecule has 1 aromatic rings. The lowest BCUT2D eigenvalue weighted by Gasteiger charge is -2.17. The molecule has 1 aromatic carbocycles. The summed E-state index contributed by atoms with van der Waals surface area (Å²) in [6.45, 7) is 10.4. The second kappa shape index (κ2) is 10.4. The van der Waals surface area contributed by atoms with E-state index in [1.807, 2.05) is 24.3 Å². The number of hydrogen-bond donors (Lipinski definition) is 0. The molecule has 0 fully saturated rings. The summed E-state index contributed by atoms with van der Waals surface area (Å²) in [5.41, 5.74) is 0.791. The second-order valence-electron chi connectivity index (χ2n) is 5.28. The molecule has 0 N–H and O–H groups in total. The Bertz CT molecular complexity index is 396. The lowest BCUT2D eigenvalue weighted by atomic mass is 10.1. The summed E-state index contributed by atoms with van der Waals surface area (Å²) < 4.78 is 5.72. The second-order valence-corrected chi connectivity index (χ2v) is 5.28. The molecule has 0 heterocycles. The topological polar surface area (TPSA) is 29.5 Å². The van der Waals surface area contributed by atoms with Crippen molar-refractivity contribution in [2.45, 2.75) is 46.5 Å². The fraction of sp³-hybridized carbons (Fsp3) is 0.611. The number of carbonyl (C=O) groups is 1. The first-order chi connectivity index (χ1) is 10.2. The van der Waals surface area contributed by atoms with Crippen LogP contribution in [0.5, 0.6) is 5.75 Å². The predicted octanol–water partition coefficient (Wildman–Crippen LogP) is 4.17. The summed E-state index contributed by atoms with van der Waals surface area (Å²) in [5, 5.41) is 0. The molecule has 0 atom stereocenters. The van der Waals surface area contributed by atoms with Crippen molar-refractivity contribution in [3.63, 3.8) is 0 Å². The van der Waals surface area contributed by atoms with Gasteiger partial charge in [-0.15, -0.1) is 0 Å². The zero-order valence-corrected chi connectivity index (χ0v) is 13.7. The smallest absolute Gasteiger partial charge is 0.162 e. The van der Waals surface area contributed by atoms with Gasteiger partial charge in [-0.2, -0.15) is 0 Å². The van der Waals surface area contributed by atoms with E-state index >= 15 is 0 Å². The van der Waals surface area contributed by atoms with E-state index in [2.05, 4.69) is 25.7 Å². The van der Waals surface area contributed by atoms with Crippen LogP contribution >= 0.6 is 0 Å². The Morgan fingerprint density at radius 1 is 1.05 bits per heavy atom. The molecule has 0 aliphatic rings. The lowest BCUT2D eigenvalue weighted by Crippen LogP contribution is -2.25. The van der Waals surface area contributed by atoms with Gasteiger partial charge in [-0.1, -0.05) is 27.2 Å². The largest absolute Gasteiger partial charge is 0.494 e. The van der Waals surface area contributed by atoms with Gasteiger partial charge in [0, 0.05) is 18.5 Å². The van der Waals surface area contributed by atoms with Crippen LogP contribution in [0.4, 0.5) is 0 Å². The van der Waals surface area contributed by atoms with Crippen molar-refractivity contribution < 1.29 is 9.53 Å². The Balaban J connectivity index is 2.32. The van der Waals surface area contributed by atoms with Gasteiger partial charge >= 0.3 is 0 Å². The molecular weight excluding hydrogens is 262 g/mol. The van der Waals surface area contributed by atoms with Gasteiger partial charge in [0.15, 0.2) is 5.78 Å². The Kier molecular flexibility index (Phi) is 8.76. The molecule has 0 aliphatic heterocycles. The SMILES string of the molecule is CCCCC(=O)c1ccc(OCCCN(CC)CC)cc1. The predicted molar refractivity (Wildman–Crippen MR) is 88.2 cm³/mol. The highest BCUT2D eigenvalue weighted by atomic mass is 16.5. The average molecular weight is 291 g/mol. The number of benzene rings is 1. The standard InChI is InChI=1S/C18H29NO2/c1-4-7-9-18(20)16-10-12-17(13-11-16)21-15-8-14-19(5-2)6-3/h10-13H,4-9,14-15H2,1-3H3. The van der Waals surface area contributed by atoms with Gasteiger partial charge in [0.05, 0.1) is 6.61 Å². The number of ether oxygens (including phenoxy) is 1. The molecule has 0 aliphatic carbocycles. The monoisotopic (exact) mass is 291 g/mol. The molecule has 0 aromatic heterocycles. The molecule has 1 rings (SSSR count). The van der Waals surface area contributed by atoms with E-state index in [0.717, 1.165) is 56.8 Å². The Labute approximate surface area is 129 Å². The van der Waals surface area contributed by atoms with Crippen LogP contribution < -0.4 is 4.74 Å². The first kappa shape index (κ1) is 17.7. The van der Waals surface area contributed by atoms with Gasteiger partial charge in [-0.3, -0.25) is 4.79 Å². The van der Waals surface area contributed by atoms with Crippen LogP contribution in [0.15, 0.2) is 24.3 Å². The first-order valence-electron chi connectivity index (χ1n) is 8.19. The summed E-state index contributed by atoms with van der Waals surface area (Å²) >= 11 is 0. The van der Waals surface area contributed by atoms with E-state index in [9.17, 15) is 4.79 Å². The summed E-state index contributed by atoms with van der Waals surface area (Å²) in [7, 11) is 0. The highest BCUT2D eigenvalue weighted by molar-refractivity contribution is 5.96. The maximum absolute atomic E-state index is 11.9. The highest BCUT2D eigenvalue weighted by Crippen LogP contribution is 2.14. The third-order valence-electron chi connectivity index (χ3n) is 3.72. The van der Waals surface area contributed by atoms with Gasteiger partial charge in [0.25, 0.3) is 0 Å². The Morgan fingerprint density at radius 3 is 2.29 bits per heavy atom. The molecule has 3 heteroatoms. The Hall–Kier alpha value is -1.35. The number of rotatable bonds is 11. The van der Waals surface area contributed by atoms with Crippen molar-refractivity contribution in [1.82, 2.24) is 4.90 Å². The van der Waals surface area contributed by atoms with E-state index < -0.39 is 0 Å². The summed E-state index contributed by atoms with van der Waals surface area (Å²) in [6, 6.07) is 7.54. The van der Waals surface area contributed by atoms with Gasteiger partial charge < -0.3 is 9.64 Å². The van der Waals surface area contributed by atoms with Crippen LogP contribution in [0, 0.1) is 0 Å². The highest BCUT2D eigenvalue weighted by Gasteiger charge is 2.05. The van der Waals surface area contributed by atoms with Gasteiger partial charge in [0.2, 0.25) is 0 Å². The summed E-state index contributed by atoms with van der Waals surface area (Å²) in [5.74, 6) is 1.08. The first-order valence-corrected chi connectivity index (χ1v) is 8.19. The normalized spacial score (nSPS) is 10.9. The van der Waals surface area contributed by atoms with Crippen LogP contribution in [-0.4, -0.2) is 36.9 Å². The minimum atomic E-state index is 0.227. The van der Waals surface area contributed by atoms with E-state index in [1.54, 1.807) is 0 Å². The van der Waals surface area contributed by atoms with E-state index in [1.165, 1.54) is 0 Å². The molecular formula is C18H29NO2. The third-order valence-corrected chi connectivity index (χ3v) is 3.72. The number of hydrogen-bond acceptors (Lipinski definition) is 3. The van der Waals surface area contributed by atoms with Crippen LogP contribution in [0.3, 0.4) is 0 Å². The number of Topliss-reactive ketones (excluding diaryl/α,β-unsaturated/α-hetero) is 1. The van der Waals surface area contributed by atoms with E-state index in [0.29, 0.717) is 6.42 Å². The molecule has 0 saturated heterocycles. The molecule has 0 radical (unpaired) electrons. The molecule has 0 spiro atoms. The average Bonchev–Trinajstić information content (AvgIpc) is 2.53. The molecule has 0 unspecified atom stereocenters. The fourth-order valence-electron chi connectivity index (χ4n) is 2.24. The Morgan fingerprint density at radius 2 is 1.71 bits per heavy atom. The zero-order valence-electron chi connectivity index (χ0n) is 13.7. The van der Waals surface area contributed by atoms with Gasteiger partial charge in [0.1, 0.15) is 5.75 Å². The summed E-state index contributed by atoms with van der Waals surface area (Å²) in [4.78, 5) is 14.3. The van der Waals surface area contributed by atoms with Crippen molar-refractivity contribution >= 4 is 5.78 Å². The quantitative estimate of drug-likeness (QED) is 0.453. The van der Waals surface area contributed by atoms with Crippen molar-refractivity contribution in [3.05, 3.63) is 29.8 Å². The lowest BCUT2D eigenvalue weighted by molar-refractivity contribution is 0.0979. The van der Waals surface area contributed by atoms with Crippen molar-refractivity contribution in [3.8, 4) is 5.75 Å². The number of ketones is 1. The molecule has 118 valence electrons. The molecule has 0 bridgehead atoms. The maximum atomic E-state index is 11.9. The minimum Gasteiger partial charge on any atom is -0.494 e. The van der Waals surface area contributed by atoms with E-state index in [-0.39, 0.29) is 5.78 Å². The van der Waals surface area contributed by atoms with Crippen LogP contribution in [0.1, 0.15) is 56.8 Å². The van der Waals surface area contributed by atoms with Crippen molar-refractivity contribution in [1.29, 1.82) is 0 Å². The van der Waals surface area contributed by atoms with Gasteiger partial charge in [-0.05, 0) is 50.2 Å². The molecule has 3 nitrogen and oxygen atoms in total. The van der Waals surface area contributed by atoms with Crippen molar-refractivity contribution in [2.75, 3.05) is 26.2 Å². The van der Waals surface area contributed by atoms with Crippen molar-refractivity contribution in [2.24, 2.45) is 0 Å². The molecule has 0 amide bonds. The fourth-order valence-corrected chi connectivity index (χ4v) is 2.24. The third kappa shape index (κ3) is 6.76.